The SMILES string of the molecule is O=C(CCCCC(=O)OC/C=C/CO)OC/C=C\CO. The van der Waals surface area contributed by atoms with Gasteiger partial charge in [0.2, 0.25) is 0 Å². The molecule has 0 amide bonds. The smallest absolute Gasteiger partial charge is 0.306 e. The minimum atomic E-state index is -0.327. The first-order valence-electron chi connectivity index (χ1n) is 6.53. The van der Waals surface area contributed by atoms with Gasteiger partial charge in [-0.15, -0.1) is 0 Å². The van der Waals surface area contributed by atoms with Crippen LogP contribution in [0.4, 0.5) is 0 Å². The van der Waals surface area contributed by atoms with E-state index in [1.165, 1.54) is 12.2 Å². The van der Waals surface area contributed by atoms with E-state index in [1.807, 2.05) is 0 Å². The summed E-state index contributed by atoms with van der Waals surface area (Å²) >= 11 is 0. The highest BCUT2D eigenvalue weighted by molar-refractivity contribution is 5.70. The third-order valence-electron chi connectivity index (χ3n) is 2.24. The van der Waals surface area contributed by atoms with E-state index < -0.39 is 0 Å². The molecule has 0 bridgehead atoms. The van der Waals surface area contributed by atoms with E-state index in [4.69, 9.17) is 19.7 Å². The standard InChI is InChI=1S/C14H22O6/c15-9-3-5-11-19-13(17)7-1-2-8-14(18)20-12-6-4-10-16/h3-6,15-16H,1-2,7-12H2/b5-3-,6-4+. The van der Waals surface area contributed by atoms with E-state index in [9.17, 15) is 9.59 Å². The van der Waals surface area contributed by atoms with Gasteiger partial charge in [0.05, 0.1) is 13.2 Å². The van der Waals surface area contributed by atoms with Crippen molar-refractivity contribution < 1.29 is 29.3 Å². The summed E-state index contributed by atoms with van der Waals surface area (Å²) in [6.07, 6.45) is 7.75. The lowest BCUT2D eigenvalue weighted by molar-refractivity contribution is -0.144. The van der Waals surface area contributed by atoms with Crippen LogP contribution in [-0.4, -0.2) is 48.6 Å². The van der Waals surface area contributed by atoms with Crippen LogP contribution in [-0.2, 0) is 19.1 Å². The number of carbonyl (C=O) groups is 2. The molecule has 2 N–H and O–H groups in total. The molecule has 0 aliphatic rings. The molecular weight excluding hydrogens is 264 g/mol. The van der Waals surface area contributed by atoms with Gasteiger partial charge in [0, 0.05) is 12.8 Å². The number of hydrogen-bond donors (Lipinski definition) is 2. The van der Waals surface area contributed by atoms with Crippen molar-refractivity contribution >= 4 is 11.9 Å². The number of unbranched alkanes of at least 4 members (excludes halogenated alkanes) is 1. The second-order valence-electron chi connectivity index (χ2n) is 3.88. The molecule has 0 saturated carbocycles. The molecule has 0 aliphatic carbocycles. The molecule has 6 heteroatoms. The number of esters is 2. The predicted molar refractivity (Wildman–Crippen MR) is 72.8 cm³/mol. The number of aliphatic hydroxyl groups is 2. The molecule has 0 unspecified atom stereocenters. The normalized spacial score (nSPS) is 11.1. The molecule has 20 heavy (non-hydrogen) atoms. The zero-order valence-electron chi connectivity index (χ0n) is 11.5. The van der Waals surface area contributed by atoms with E-state index in [2.05, 4.69) is 0 Å². The predicted octanol–water partition coefficient (Wildman–Crippen LogP) is 0.730. The van der Waals surface area contributed by atoms with Gasteiger partial charge in [-0.2, -0.15) is 0 Å². The molecule has 0 aromatic rings. The topological polar surface area (TPSA) is 93.1 Å². The van der Waals surface area contributed by atoms with Gasteiger partial charge < -0.3 is 19.7 Å². The molecule has 0 saturated heterocycles. The van der Waals surface area contributed by atoms with Crippen LogP contribution in [0.2, 0.25) is 0 Å². The Hall–Kier alpha value is -1.66. The van der Waals surface area contributed by atoms with Crippen LogP contribution < -0.4 is 0 Å². The van der Waals surface area contributed by atoms with E-state index in [1.54, 1.807) is 12.2 Å². The summed E-state index contributed by atoms with van der Waals surface area (Å²) in [7, 11) is 0. The lowest BCUT2D eigenvalue weighted by atomic mass is 10.2. The van der Waals surface area contributed by atoms with Gasteiger partial charge in [0.1, 0.15) is 13.2 Å². The average molecular weight is 286 g/mol. The van der Waals surface area contributed by atoms with Gasteiger partial charge in [-0.25, -0.2) is 0 Å². The van der Waals surface area contributed by atoms with E-state index in [0.29, 0.717) is 12.8 Å². The number of carbonyl (C=O) groups excluding carboxylic acids is 2. The third kappa shape index (κ3) is 12.8. The first kappa shape index (κ1) is 18.3. The Morgan fingerprint density at radius 2 is 1.15 bits per heavy atom. The van der Waals surface area contributed by atoms with Crippen molar-refractivity contribution in [3.63, 3.8) is 0 Å². The summed E-state index contributed by atoms with van der Waals surface area (Å²) in [5.41, 5.74) is 0. The van der Waals surface area contributed by atoms with Gasteiger partial charge in [-0.05, 0) is 25.0 Å². The van der Waals surface area contributed by atoms with Crippen molar-refractivity contribution in [2.24, 2.45) is 0 Å². The summed E-state index contributed by atoms with van der Waals surface area (Å²) in [4.78, 5) is 22.5. The maximum atomic E-state index is 11.2. The zero-order chi connectivity index (χ0) is 15.1. The molecule has 0 aromatic heterocycles. The average Bonchev–Trinajstić information content (AvgIpc) is 2.44. The highest BCUT2D eigenvalue weighted by Crippen LogP contribution is 2.03. The van der Waals surface area contributed by atoms with Gasteiger partial charge in [-0.3, -0.25) is 9.59 Å². The largest absolute Gasteiger partial charge is 0.461 e. The van der Waals surface area contributed by atoms with Gasteiger partial charge in [0.15, 0.2) is 0 Å². The fourth-order valence-corrected chi connectivity index (χ4v) is 1.25. The maximum absolute atomic E-state index is 11.2. The highest BCUT2D eigenvalue weighted by Gasteiger charge is 2.05. The number of rotatable bonds is 11. The van der Waals surface area contributed by atoms with Crippen molar-refractivity contribution in [3.8, 4) is 0 Å². The Bertz CT molecular complexity index is 290. The zero-order valence-corrected chi connectivity index (χ0v) is 11.5. The summed E-state index contributed by atoms with van der Waals surface area (Å²) < 4.78 is 9.71. The quantitative estimate of drug-likeness (QED) is 0.330. The van der Waals surface area contributed by atoms with Crippen LogP contribution in [0.25, 0.3) is 0 Å². The molecule has 6 nitrogen and oxygen atoms in total. The second-order valence-corrected chi connectivity index (χ2v) is 3.88. The van der Waals surface area contributed by atoms with Crippen LogP contribution >= 0.6 is 0 Å². The van der Waals surface area contributed by atoms with E-state index in [-0.39, 0.29) is 51.2 Å². The molecule has 0 spiro atoms. The minimum absolute atomic E-state index is 0.0762. The summed E-state index contributed by atoms with van der Waals surface area (Å²) in [6, 6.07) is 0. The number of aliphatic hydroxyl groups excluding tert-OH is 2. The van der Waals surface area contributed by atoms with Crippen LogP contribution in [0.15, 0.2) is 24.3 Å². The van der Waals surface area contributed by atoms with E-state index in [0.717, 1.165) is 0 Å². The molecule has 0 rings (SSSR count). The van der Waals surface area contributed by atoms with Crippen molar-refractivity contribution in [3.05, 3.63) is 24.3 Å². The molecule has 114 valence electrons. The Morgan fingerprint density at radius 1 is 0.750 bits per heavy atom. The van der Waals surface area contributed by atoms with Crippen LogP contribution in [0.5, 0.6) is 0 Å². The molecule has 0 heterocycles. The van der Waals surface area contributed by atoms with Gasteiger partial charge in [0.25, 0.3) is 0 Å². The third-order valence-corrected chi connectivity index (χ3v) is 2.24. The fraction of sp³-hybridized carbons (Fsp3) is 0.571. The Morgan fingerprint density at radius 3 is 1.50 bits per heavy atom. The Balaban J connectivity index is 3.46. The highest BCUT2D eigenvalue weighted by atomic mass is 16.5. The summed E-state index contributed by atoms with van der Waals surface area (Å²) in [5.74, 6) is -0.654. The number of hydrogen-bond acceptors (Lipinski definition) is 6. The fourth-order valence-electron chi connectivity index (χ4n) is 1.25. The monoisotopic (exact) mass is 286 g/mol. The van der Waals surface area contributed by atoms with Crippen molar-refractivity contribution in [1.82, 2.24) is 0 Å². The summed E-state index contributed by atoms with van der Waals surface area (Å²) in [5, 5.41) is 16.9. The summed E-state index contributed by atoms with van der Waals surface area (Å²) in [6.45, 7) is 0.150. The van der Waals surface area contributed by atoms with Crippen LogP contribution in [0, 0.1) is 0 Å². The Labute approximate surface area is 118 Å². The van der Waals surface area contributed by atoms with Crippen molar-refractivity contribution in [1.29, 1.82) is 0 Å². The molecule has 0 aliphatic heterocycles. The number of ether oxygens (including phenoxy) is 2. The van der Waals surface area contributed by atoms with Gasteiger partial charge >= 0.3 is 11.9 Å². The molecule has 0 aromatic carbocycles. The maximum Gasteiger partial charge on any atom is 0.306 e. The first-order valence-corrected chi connectivity index (χ1v) is 6.53. The molecular formula is C14H22O6. The minimum Gasteiger partial charge on any atom is -0.461 e. The molecule has 0 atom stereocenters. The molecule has 0 fully saturated rings. The van der Waals surface area contributed by atoms with Crippen LogP contribution in [0.3, 0.4) is 0 Å². The first-order chi connectivity index (χ1) is 9.70. The van der Waals surface area contributed by atoms with Crippen molar-refractivity contribution in [2.75, 3.05) is 26.4 Å². The van der Waals surface area contributed by atoms with E-state index >= 15 is 0 Å². The molecule has 0 radical (unpaired) electrons. The lowest BCUT2D eigenvalue weighted by Gasteiger charge is -2.03. The lowest BCUT2D eigenvalue weighted by Crippen LogP contribution is -2.06. The Kier molecular flexibility index (Phi) is 12.6. The van der Waals surface area contributed by atoms with Crippen LogP contribution in [0.1, 0.15) is 25.7 Å². The second kappa shape index (κ2) is 13.8. The van der Waals surface area contributed by atoms with Gasteiger partial charge in [-0.1, -0.05) is 12.2 Å². The van der Waals surface area contributed by atoms with Crippen molar-refractivity contribution in [2.45, 2.75) is 25.7 Å².